The van der Waals surface area contributed by atoms with Gasteiger partial charge >= 0.3 is 0 Å². The van der Waals surface area contributed by atoms with Crippen LogP contribution in [0.15, 0.2) is 48.5 Å². The first-order valence-electron chi connectivity index (χ1n) is 8.29. The van der Waals surface area contributed by atoms with Crippen LogP contribution in [0.25, 0.3) is 0 Å². The molecule has 0 radical (unpaired) electrons. The highest BCUT2D eigenvalue weighted by atomic mass is 16.5. The lowest BCUT2D eigenvalue weighted by molar-refractivity contribution is -0.128. The number of hydrogen-bond acceptors (Lipinski definition) is 3. The highest BCUT2D eigenvalue weighted by Gasteiger charge is 2.17. The summed E-state index contributed by atoms with van der Waals surface area (Å²) in [4.78, 5) is 12.2. The van der Waals surface area contributed by atoms with Gasteiger partial charge in [-0.05, 0) is 49.6 Å². The lowest BCUT2D eigenvalue weighted by Crippen LogP contribution is -2.39. The summed E-state index contributed by atoms with van der Waals surface area (Å²) in [7, 11) is 0. The number of nitrogens with one attached hydrogen (secondary N) is 1. The third-order valence-electron chi connectivity index (χ3n) is 3.69. The maximum Gasteiger partial charge on any atom is 0.261 e. The van der Waals surface area contributed by atoms with Crippen molar-refractivity contribution in [2.75, 3.05) is 13.2 Å². The summed E-state index contributed by atoms with van der Waals surface area (Å²) in [6, 6.07) is 15.5. The molecule has 0 aliphatic rings. The fourth-order valence-corrected chi connectivity index (χ4v) is 2.30. The van der Waals surface area contributed by atoms with Gasteiger partial charge in [0.2, 0.25) is 0 Å². The smallest absolute Gasteiger partial charge is 0.261 e. The van der Waals surface area contributed by atoms with E-state index < -0.39 is 6.10 Å². The van der Waals surface area contributed by atoms with Gasteiger partial charge in [-0.3, -0.25) is 4.79 Å². The van der Waals surface area contributed by atoms with Gasteiger partial charge in [-0.25, -0.2) is 0 Å². The van der Waals surface area contributed by atoms with E-state index in [1.165, 1.54) is 0 Å². The molecule has 0 aliphatic heterocycles. The predicted molar refractivity (Wildman–Crippen MR) is 95.6 cm³/mol. The van der Waals surface area contributed by atoms with Gasteiger partial charge in [0.05, 0.1) is 6.54 Å². The number of aryl methyl sites for hydroxylation is 2. The summed E-state index contributed by atoms with van der Waals surface area (Å²) in [5, 5.41) is 2.87. The second-order valence-corrected chi connectivity index (χ2v) is 5.74. The van der Waals surface area contributed by atoms with Gasteiger partial charge in [-0.1, -0.05) is 37.3 Å². The topological polar surface area (TPSA) is 47.6 Å². The van der Waals surface area contributed by atoms with Crippen LogP contribution >= 0.6 is 0 Å². The maximum atomic E-state index is 12.2. The van der Waals surface area contributed by atoms with E-state index in [-0.39, 0.29) is 5.91 Å². The standard InChI is InChI=1S/C20H25NO3/c1-4-18(24-17-8-6-5-7-9-17)20(22)21-12-13-23-19-14-15(2)10-11-16(19)3/h5-11,14,18H,4,12-13H2,1-3H3,(H,21,22)/t18-/m0/s1. The van der Waals surface area contributed by atoms with Gasteiger partial charge in [0.25, 0.3) is 5.91 Å². The zero-order chi connectivity index (χ0) is 17.4. The number of amides is 1. The molecule has 0 saturated carbocycles. The molecule has 1 atom stereocenters. The van der Waals surface area contributed by atoms with Crippen molar-refractivity contribution in [2.45, 2.75) is 33.3 Å². The molecule has 2 aromatic rings. The Balaban J connectivity index is 1.78. The molecule has 0 aliphatic carbocycles. The number of carbonyl (C=O) groups is 1. The number of benzene rings is 2. The molecule has 128 valence electrons. The molecule has 4 nitrogen and oxygen atoms in total. The van der Waals surface area contributed by atoms with E-state index in [1.54, 1.807) is 0 Å². The molecule has 0 bridgehead atoms. The van der Waals surface area contributed by atoms with Crippen LogP contribution in [0.4, 0.5) is 0 Å². The third kappa shape index (κ3) is 5.30. The fourth-order valence-electron chi connectivity index (χ4n) is 2.30. The van der Waals surface area contributed by atoms with Gasteiger partial charge in [-0.15, -0.1) is 0 Å². The lowest BCUT2D eigenvalue weighted by Gasteiger charge is -2.17. The summed E-state index contributed by atoms with van der Waals surface area (Å²) < 4.78 is 11.5. The zero-order valence-corrected chi connectivity index (χ0v) is 14.5. The molecular weight excluding hydrogens is 302 g/mol. The Kier molecular flexibility index (Phi) is 6.67. The van der Waals surface area contributed by atoms with Gasteiger partial charge in [0, 0.05) is 0 Å². The van der Waals surface area contributed by atoms with E-state index in [0.717, 1.165) is 16.9 Å². The Hall–Kier alpha value is -2.49. The van der Waals surface area contributed by atoms with Crippen LogP contribution in [-0.4, -0.2) is 25.2 Å². The minimum Gasteiger partial charge on any atom is -0.491 e. The molecule has 0 saturated heterocycles. The largest absolute Gasteiger partial charge is 0.491 e. The molecule has 2 rings (SSSR count). The van der Waals surface area contributed by atoms with Crippen molar-refractivity contribution in [3.63, 3.8) is 0 Å². The second kappa shape index (κ2) is 8.96. The average molecular weight is 327 g/mol. The molecule has 2 aromatic carbocycles. The van der Waals surface area contributed by atoms with Crippen molar-refractivity contribution in [3.05, 3.63) is 59.7 Å². The average Bonchev–Trinajstić information content (AvgIpc) is 2.60. The fraction of sp³-hybridized carbons (Fsp3) is 0.350. The Labute approximate surface area is 143 Å². The van der Waals surface area contributed by atoms with Crippen LogP contribution in [0.3, 0.4) is 0 Å². The Bertz CT molecular complexity index is 655. The van der Waals surface area contributed by atoms with Crippen molar-refractivity contribution in [1.82, 2.24) is 5.32 Å². The summed E-state index contributed by atoms with van der Waals surface area (Å²) in [5.41, 5.74) is 2.24. The Morgan fingerprint density at radius 3 is 2.58 bits per heavy atom. The third-order valence-corrected chi connectivity index (χ3v) is 3.69. The van der Waals surface area contributed by atoms with Gasteiger partial charge in [0.15, 0.2) is 6.10 Å². The van der Waals surface area contributed by atoms with E-state index >= 15 is 0 Å². The van der Waals surface area contributed by atoms with Gasteiger partial charge in [0.1, 0.15) is 18.1 Å². The van der Waals surface area contributed by atoms with Crippen LogP contribution in [0.2, 0.25) is 0 Å². The van der Waals surface area contributed by atoms with E-state index in [4.69, 9.17) is 9.47 Å². The van der Waals surface area contributed by atoms with Crippen molar-refractivity contribution in [2.24, 2.45) is 0 Å². The van der Waals surface area contributed by atoms with Crippen molar-refractivity contribution in [3.8, 4) is 11.5 Å². The molecule has 24 heavy (non-hydrogen) atoms. The number of para-hydroxylation sites is 1. The number of carbonyl (C=O) groups excluding carboxylic acids is 1. The molecule has 0 spiro atoms. The summed E-state index contributed by atoms with van der Waals surface area (Å²) in [6.45, 7) is 6.84. The molecule has 0 aromatic heterocycles. The normalized spacial score (nSPS) is 11.6. The highest BCUT2D eigenvalue weighted by molar-refractivity contribution is 5.81. The highest BCUT2D eigenvalue weighted by Crippen LogP contribution is 2.18. The van der Waals surface area contributed by atoms with Crippen molar-refractivity contribution >= 4 is 5.91 Å². The van der Waals surface area contributed by atoms with Gasteiger partial charge < -0.3 is 14.8 Å². The van der Waals surface area contributed by atoms with E-state index in [0.29, 0.717) is 25.3 Å². The quantitative estimate of drug-likeness (QED) is 0.753. The SMILES string of the molecule is CC[C@H](Oc1ccccc1)C(=O)NCCOc1cc(C)ccc1C. The maximum absolute atomic E-state index is 12.2. The van der Waals surface area contributed by atoms with Crippen LogP contribution in [0, 0.1) is 13.8 Å². The molecular formula is C20H25NO3. The monoisotopic (exact) mass is 327 g/mol. The minimum absolute atomic E-state index is 0.120. The number of hydrogen-bond donors (Lipinski definition) is 1. The minimum atomic E-state index is -0.492. The molecule has 0 unspecified atom stereocenters. The molecule has 1 N–H and O–H groups in total. The lowest BCUT2D eigenvalue weighted by atomic mass is 10.1. The van der Waals surface area contributed by atoms with Crippen LogP contribution in [0.1, 0.15) is 24.5 Å². The van der Waals surface area contributed by atoms with E-state index in [1.807, 2.05) is 63.2 Å². The first-order chi connectivity index (χ1) is 11.6. The first kappa shape index (κ1) is 17.9. The number of ether oxygens (including phenoxy) is 2. The zero-order valence-electron chi connectivity index (χ0n) is 14.5. The van der Waals surface area contributed by atoms with Crippen molar-refractivity contribution < 1.29 is 14.3 Å². The molecule has 0 fully saturated rings. The van der Waals surface area contributed by atoms with Gasteiger partial charge in [-0.2, -0.15) is 0 Å². The van der Waals surface area contributed by atoms with Crippen LogP contribution in [0.5, 0.6) is 11.5 Å². The Morgan fingerprint density at radius 1 is 1.12 bits per heavy atom. The summed E-state index contributed by atoms with van der Waals surface area (Å²) in [5.74, 6) is 1.44. The van der Waals surface area contributed by atoms with E-state index in [9.17, 15) is 4.79 Å². The van der Waals surface area contributed by atoms with Crippen LogP contribution < -0.4 is 14.8 Å². The second-order valence-electron chi connectivity index (χ2n) is 5.74. The van der Waals surface area contributed by atoms with E-state index in [2.05, 4.69) is 11.4 Å². The Morgan fingerprint density at radius 2 is 1.88 bits per heavy atom. The molecule has 4 heteroatoms. The predicted octanol–water partition coefficient (Wildman–Crippen LogP) is 3.66. The summed E-state index contributed by atoms with van der Waals surface area (Å²) >= 11 is 0. The molecule has 1 amide bonds. The van der Waals surface area contributed by atoms with Crippen LogP contribution in [-0.2, 0) is 4.79 Å². The summed E-state index contributed by atoms with van der Waals surface area (Å²) in [6.07, 6.45) is 0.117. The number of rotatable bonds is 8. The molecule has 0 heterocycles. The van der Waals surface area contributed by atoms with Crippen molar-refractivity contribution in [1.29, 1.82) is 0 Å². The first-order valence-corrected chi connectivity index (χ1v) is 8.29.